The molecule has 1 aromatic heterocycles. The molecule has 1 aliphatic rings. The van der Waals surface area contributed by atoms with Crippen LogP contribution >= 0.6 is 0 Å². The van der Waals surface area contributed by atoms with Crippen LogP contribution in [0.4, 0.5) is 0 Å². The van der Waals surface area contributed by atoms with E-state index >= 15 is 0 Å². The Morgan fingerprint density at radius 3 is 2.67 bits per heavy atom. The first-order valence-corrected chi connectivity index (χ1v) is 8.33. The molecule has 0 unspecified atom stereocenters. The molecular formula is C19H25N3O2. The molecule has 5 nitrogen and oxygen atoms in total. The fourth-order valence-corrected chi connectivity index (χ4v) is 3.40. The van der Waals surface area contributed by atoms with Crippen LogP contribution in [0.1, 0.15) is 12.0 Å². The number of aliphatic hydroxyl groups excluding tert-OH is 1. The molecule has 0 aliphatic heterocycles. The molecule has 1 aliphatic carbocycles. The van der Waals surface area contributed by atoms with Crippen molar-refractivity contribution in [3.05, 3.63) is 60.4 Å². The molecule has 3 rings (SSSR count). The Kier molecular flexibility index (Phi) is 5.45. The quantitative estimate of drug-likeness (QED) is 0.845. The Hall–Kier alpha value is -1.95. The molecule has 0 saturated heterocycles. The number of nitrogens with zero attached hydrogens (tertiary/aromatic N) is 2. The summed E-state index contributed by atoms with van der Waals surface area (Å²) in [7, 11) is 4.00. The van der Waals surface area contributed by atoms with Crippen LogP contribution in [0.3, 0.4) is 0 Å². The fourth-order valence-electron chi connectivity index (χ4n) is 3.40. The van der Waals surface area contributed by atoms with Crippen molar-refractivity contribution in [3.8, 4) is 5.75 Å². The van der Waals surface area contributed by atoms with E-state index in [1.807, 2.05) is 62.8 Å². The molecule has 5 heteroatoms. The summed E-state index contributed by atoms with van der Waals surface area (Å²) in [6, 6.07) is 13.8. The first kappa shape index (κ1) is 16.9. The zero-order valence-electron chi connectivity index (χ0n) is 14.2. The van der Waals surface area contributed by atoms with E-state index in [0.29, 0.717) is 0 Å². The maximum atomic E-state index is 10.7. The van der Waals surface area contributed by atoms with Gasteiger partial charge in [-0.25, -0.2) is 0 Å². The molecule has 2 N–H and O–H groups in total. The summed E-state index contributed by atoms with van der Waals surface area (Å²) in [5, 5.41) is 14.3. The number of nitrogens with one attached hydrogen (secondary N) is 1. The topological polar surface area (TPSA) is 57.6 Å². The van der Waals surface area contributed by atoms with Crippen LogP contribution in [-0.4, -0.2) is 53.4 Å². The van der Waals surface area contributed by atoms with Gasteiger partial charge in [0.2, 0.25) is 0 Å². The van der Waals surface area contributed by atoms with Crippen molar-refractivity contribution in [3.63, 3.8) is 0 Å². The molecule has 24 heavy (non-hydrogen) atoms. The Labute approximate surface area is 143 Å². The lowest BCUT2D eigenvalue weighted by atomic mass is 10.1. The molecule has 1 aromatic carbocycles. The van der Waals surface area contributed by atoms with Crippen molar-refractivity contribution in [1.29, 1.82) is 0 Å². The van der Waals surface area contributed by atoms with Crippen molar-refractivity contribution in [2.75, 3.05) is 14.1 Å². The maximum absolute atomic E-state index is 10.7. The normalized spacial score (nSPS) is 26.7. The van der Waals surface area contributed by atoms with Gasteiger partial charge in [-0.2, -0.15) is 0 Å². The molecule has 1 saturated carbocycles. The highest BCUT2D eigenvalue weighted by molar-refractivity contribution is 5.22. The van der Waals surface area contributed by atoms with E-state index < -0.39 is 6.10 Å². The van der Waals surface area contributed by atoms with Gasteiger partial charge in [0.1, 0.15) is 18.0 Å². The molecule has 128 valence electrons. The monoisotopic (exact) mass is 327 g/mol. The van der Waals surface area contributed by atoms with Gasteiger partial charge in [0, 0.05) is 31.4 Å². The van der Waals surface area contributed by atoms with Gasteiger partial charge in [0.05, 0.1) is 6.04 Å². The summed E-state index contributed by atoms with van der Waals surface area (Å²) in [5.74, 6) is 0.798. The Bertz CT molecular complexity index is 621. The predicted molar refractivity (Wildman–Crippen MR) is 93.8 cm³/mol. The van der Waals surface area contributed by atoms with Crippen molar-refractivity contribution in [1.82, 2.24) is 15.2 Å². The number of para-hydroxylation sites is 1. The van der Waals surface area contributed by atoms with E-state index in [1.165, 1.54) is 0 Å². The molecule has 1 heterocycles. The molecule has 2 aromatic rings. The highest BCUT2D eigenvalue weighted by atomic mass is 16.5. The first-order valence-electron chi connectivity index (χ1n) is 8.33. The number of aliphatic hydroxyl groups is 1. The number of hydrogen-bond donors (Lipinski definition) is 2. The van der Waals surface area contributed by atoms with Crippen molar-refractivity contribution < 1.29 is 9.84 Å². The Balaban J connectivity index is 1.66. The zero-order chi connectivity index (χ0) is 16.9. The van der Waals surface area contributed by atoms with Crippen LogP contribution in [0.15, 0.2) is 54.9 Å². The minimum absolute atomic E-state index is 0.00961. The standard InChI is InChI=1S/C19H25N3O2/c1-22(2)18-16(21-13-14-7-6-10-20-12-14)11-17(19(18)23)24-15-8-4-3-5-9-15/h3-10,12,16-19,21,23H,11,13H2,1-2H3/t16-,17-,18+,19+/m1/s1. The smallest absolute Gasteiger partial charge is 0.128 e. The van der Waals surface area contributed by atoms with Gasteiger partial charge in [-0.1, -0.05) is 24.3 Å². The fraction of sp³-hybridized carbons (Fsp3) is 0.421. The average Bonchev–Trinajstić information content (AvgIpc) is 2.91. The van der Waals surface area contributed by atoms with Gasteiger partial charge in [0.15, 0.2) is 0 Å². The van der Waals surface area contributed by atoms with E-state index in [2.05, 4.69) is 15.2 Å². The third-order valence-corrected chi connectivity index (χ3v) is 4.55. The van der Waals surface area contributed by atoms with Crippen LogP contribution in [0, 0.1) is 0 Å². The highest BCUT2D eigenvalue weighted by Crippen LogP contribution is 2.28. The number of rotatable bonds is 6. The van der Waals surface area contributed by atoms with Crippen LogP contribution in [0.25, 0.3) is 0 Å². The van der Waals surface area contributed by atoms with Crippen molar-refractivity contribution in [2.45, 2.75) is 37.3 Å². The number of pyridine rings is 1. The van der Waals surface area contributed by atoms with Crippen LogP contribution in [-0.2, 0) is 6.54 Å². The van der Waals surface area contributed by atoms with Gasteiger partial charge < -0.3 is 20.1 Å². The summed E-state index contributed by atoms with van der Waals surface area (Å²) in [6.45, 7) is 0.730. The molecule has 4 atom stereocenters. The van der Waals surface area contributed by atoms with Gasteiger partial charge >= 0.3 is 0 Å². The molecular weight excluding hydrogens is 302 g/mol. The lowest BCUT2D eigenvalue weighted by Crippen LogP contribution is -2.49. The predicted octanol–water partition coefficient (Wildman–Crippen LogP) is 1.68. The number of hydrogen-bond acceptors (Lipinski definition) is 5. The first-order chi connectivity index (χ1) is 11.6. The molecule has 0 radical (unpaired) electrons. The maximum Gasteiger partial charge on any atom is 0.128 e. The minimum Gasteiger partial charge on any atom is -0.488 e. The average molecular weight is 327 g/mol. The summed E-state index contributed by atoms with van der Waals surface area (Å²) >= 11 is 0. The largest absolute Gasteiger partial charge is 0.488 e. The summed E-state index contributed by atoms with van der Waals surface area (Å²) < 4.78 is 6.02. The molecule has 0 bridgehead atoms. The molecule has 0 amide bonds. The van der Waals surface area contributed by atoms with E-state index in [4.69, 9.17) is 4.74 Å². The zero-order valence-corrected chi connectivity index (χ0v) is 14.2. The van der Waals surface area contributed by atoms with E-state index in [9.17, 15) is 5.11 Å². The second-order valence-electron chi connectivity index (χ2n) is 6.50. The molecule has 1 fully saturated rings. The van der Waals surface area contributed by atoms with Crippen LogP contribution in [0.2, 0.25) is 0 Å². The van der Waals surface area contributed by atoms with Gasteiger partial charge in [-0.3, -0.25) is 4.98 Å². The second kappa shape index (κ2) is 7.75. The number of benzene rings is 1. The van der Waals surface area contributed by atoms with Gasteiger partial charge in [-0.05, 0) is 37.9 Å². The van der Waals surface area contributed by atoms with E-state index in [-0.39, 0.29) is 18.2 Å². The minimum atomic E-state index is -0.536. The van der Waals surface area contributed by atoms with E-state index in [1.54, 1.807) is 6.20 Å². The van der Waals surface area contributed by atoms with Crippen molar-refractivity contribution >= 4 is 0 Å². The second-order valence-corrected chi connectivity index (χ2v) is 6.50. The summed E-state index contributed by atoms with van der Waals surface area (Å²) in [5.41, 5.74) is 1.14. The lowest BCUT2D eigenvalue weighted by molar-refractivity contribution is 0.0210. The highest BCUT2D eigenvalue weighted by Gasteiger charge is 2.44. The molecule has 0 spiro atoms. The SMILES string of the molecule is CN(C)[C@@H]1[C@@H](O)[C@H](Oc2ccccc2)C[C@H]1NCc1cccnc1. The van der Waals surface area contributed by atoms with Gasteiger partial charge in [0.25, 0.3) is 0 Å². The number of aromatic nitrogens is 1. The third kappa shape index (κ3) is 3.93. The van der Waals surface area contributed by atoms with Crippen LogP contribution < -0.4 is 10.1 Å². The van der Waals surface area contributed by atoms with E-state index in [0.717, 1.165) is 24.3 Å². The Morgan fingerprint density at radius 2 is 2.00 bits per heavy atom. The summed E-state index contributed by atoms with van der Waals surface area (Å²) in [4.78, 5) is 6.21. The Morgan fingerprint density at radius 1 is 1.21 bits per heavy atom. The van der Waals surface area contributed by atoms with Gasteiger partial charge in [-0.15, -0.1) is 0 Å². The third-order valence-electron chi connectivity index (χ3n) is 4.55. The number of ether oxygens (including phenoxy) is 1. The lowest BCUT2D eigenvalue weighted by Gasteiger charge is -2.29. The summed E-state index contributed by atoms with van der Waals surface area (Å²) in [6.07, 6.45) is 3.65. The number of likely N-dealkylation sites (N-methyl/N-ethyl adjacent to an activating group) is 1. The van der Waals surface area contributed by atoms with Crippen LogP contribution in [0.5, 0.6) is 5.75 Å². The van der Waals surface area contributed by atoms with Crippen molar-refractivity contribution in [2.24, 2.45) is 0 Å².